The standard InChI is InChI=1S/C15H13F3OSi/c1-20(2)13-6-4-3-5-11(13)12-8-7-10(9-14(12)20)19-15(16,17)18/h3-9H,1-2H3. The van der Waals surface area contributed by atoms with Gasteiger partial charge < -0.3 is 4.74 Å². The van der Waals surface area contributed by atoms with Crippen LogP contribution in [0.25, 0.3) is 11.1 Å². The Morgan fingerprint density at radius 3 is 2.25 bits per heavy atom. The lowest BCUT2D eigenvalue weighted by molar-refractivity contribution is -0.274. The molecule has 1 aliphatic rings. The van der Waals surface area contributed by atoms with Crippen LogP contribution in [0.3, 0.4) is 0 Å². The van der Waals surface area contributed by atoms with Crippen molar-refractivity contribution in [3.05, 3.63) is 42.5 Å². The maximum Gasteiger partial charge on any atom is 0.573 e. The van der Waals surface area contributed by atoms with Gasteiger partial charge in [-0.2, -0.15) is 0 Å². The molecular formula is C15H13F3OSi. The molecule has 0 fully saturated rings. The topological polar surface area (TPSA) is 9.23 Å². The number of fused-ring (bicyclic) bond motifs is 3. The molecule has 0 saturated carbocycles. The second-order valence-electron chi connectivity index (χ2n) is 5.43. The van der Waals surface area contributed by atoms with Gasteiger partial charge in [0, 0.05) is 0 Å². The molecule has 3 rings (SSSR count). The second-order valence-corrected chi connectivity index (χ2v) is 9.75. The molecule has 2 aromatic carbocycles. The Labute approximate surface area is 116 Å². The van der Waals surface area contributed by atoms with Crippen LogP contribution in [0.5, 0.6) is 5.75 Å². The molecule has 0 radical (unpaired) electrons. The number of alkyl halides is 3. The van der Waals surface area contributed by atoms with Gasteiger partial charge in [0.15, 0.2) is 0 Å². The van der Waals surface area contributed by atoms with Gasteiger partial charge in [-0.1, -0.05) is 43.4 Å². The maximum absolute atomic E-state index is 12.3. The lowest BCUT2D eigenvalue weighted by Gasteiger charge is -2.19. The average Bonchev–Trinajstić information content (AvgIpc) is 2.58. The third-order valence-electron chi connectivity index (χ3n) is 3.79. The zero-order valence-electron chi connectivity index (χ0n) is 11.1. The smallest absolute Gasteiger partial charge is 0.406 e. The van der Waals surface area contributed by atoms with Gasteiger partial charge in [-0.05, 0) is 33.6 Å². The van der Waals surface area contributed by atoms with Crippen molar-refractivity contribution < 1.29 is 17.9 Å². The third kappa shape index (κ3) is 2.02. The molecule has 0 aromatic heterocycles. The van der Waals surface area contributed by atoms with Crippen LogP contribution in [0, 0.1) is 0 Å². The molecule has 0 aliphatic carbocycles. The SMILES string of the molecule is C[Si]1(C)c2ccccc2-c2ccc(OC(F)(F)F)cc21. The maximum atomic E-state index is 12.3. The van der Waals surface area contributed by atoms with Crippen LogP contribution in [0.4, 0.5) is 13.2 Å². The molecule has 0 N–H and O–H groups in total. The number of benzene rings is 2. The van der Waals surface area contributed by atoms with Gasteiger partial charge >= 0.3 is 6.36 Å². The van der Waals surface area contributed by atoms with Gasteiger partial charge in [-0.3, -0.25) is 0 Å². The van der Waals surface area contributed by atoms with Gasteiger partial charge in [-0.15, -0.1) is 13.2 Å². The van der Waals surface area contributed by atoms with E-state index in [1.807, 2.05) is 18.2 Å². The Morgan fingerprint density at radius 2 is 1.55 bits per heavy atom. The largest absolute Gasteiger partial charge is 0.573 e. The van der Waals surface area contributed by atoms with Gasteiger partial charge in [-0.25, -0.2) is 0 Å². The van der Waals surface area contributed by atoms with Crippen LogP contribution in [0.15, 0.2) is 42.5 Å². The molecule has 104 valence electrons. The molecule has 1 aliphatic heterocycles. The third-order valence-corrected chi connectivity index (χ3v) is 7.33. The molecule has 1 heterocycles. The van der Waals surface area contributed by atoms with Crippen molar-refractivity contribution in [1.29, 1.82) is 0 Å². The zero-order chi connectivity index (χ0) is 14.5. The number of ether oxygens (including phenoxy) is 1. The fourth-order valence-corrected chi connectivity index (χ4v) is 5.97. The summed E-state index contributed by atoms with van der Waals surface area (Å²) in [5, 5.41) is 2.26. The van der Waals surface area contributed by atoms with Crippen LogP contribution in [0.1, 0.15) is 0 Å². The Balaban J connectivity index is 2.13. The van der Waals surface area contributed by atoms with E-state index >= 15 is 0 Å². The Hall–Kier alpha value is -1.75. The first-order chi connectivity index (χ1) is 9.29. The van der Waals surface area contributed by atoms with Crippen LogP contribution in [-0.4, -0.2) is 14.4 Å². The molecule has 20 heavy (non-hydrogen) atoms. The lowest BCUT2D eigenvalue weighted by atomic mass is 10.1. The second kappa shape index (κ2) is 4.12. The quantitative estimate of drug-likeness (QED) is 0.733. The summed E-state index contributed by atoms with van der Waals surface area (Å²) in [4.78, 5) is 0. The highest BCUT2D eigenvalue weighted by Crippen LogP contribution is 2.31. The Bertz CT molecular complexity index is 677. The van der Waals surface area contributed by atoms with Gasteiger partial charge in [0.2, 0.25) is 0 Å². The summed E-state index contributed by atoms with van der Waals surface area (Å²) < 4.78 is 41.1. The summed E-state index contributed by atoms with van der Waals surface area (Å²) in [6.45, 7) is 4.30. The predicted octanol–water partition coefficient (Wildman–Crippen LogP) is 3.39. The van der Waals surface area contributed by atoms with Gasteiger partial charge in [0.25, 0.3) is 0 Å². The van der Waals surface area contributed by atoms with E-state index in [0.29, 0.717) is 0 Å². The molecule has 1 nitrogen and oxygen atoms in total. The summed E-state index contributed by atoms with van der Waals surface area (Å²) in [6.07, 6.45) is -4.65. The number of hydrogen-bond acceptors (Lipinski definition) is 1. The first-order valence-electron chi connectivity index (χ1n) is 6.29. The monoisotopic (exact) mass is 294 g/mol. The fourth-order valence-electron chi connectivity index (χ4n) is 2.88. The summed E-state index contributed by atoms with van der Waals surface area (Å²) in [6, 6.07) is 12.7. The van der Waals surface area contributed by atoms with Crippen LogP contribution < -0.4 is 15.1 Å². The number of hydrogen-bond donors (Lipinski definition) is 0. The number of rotatable bonds is 1. The lowest BCUT2D eigenvalue weighted by Crippen LogP contribution is -2.49. The Morgan fingerprint density at radius 1 is 0.900 bits per heavy atom. The molecule has 0 bridgehead atoms. The van der Waals surface area contributed by atoms with Crippen molar-refractivity contribution in [1.82, 2.24) is 0 Å². The van der Waals surface area contributed by atoms with Gasteiger partial charge in [0.1, 0.15) is 13.8 Å². The van der Waals surface area contributed by atoms with Crippen LogP contribution in [0.2, 0.25) is 13.1 Å². The van der Waals surface area contributed by atoms with Crippen molar-refractivity contribution in [2.45, 2.75) is 19.5 Å². The minimum atomic E-state index is -4.65. The minimum absolute atomic E-state index is 0.135. The Kier molecular flexibility index (Phi) is 2.73. The summed E-state index contributed by atoms with van der Waals surface area (Å²) in [5.41, 5.74) is 2.17. The highest BCUT2D eigenvalue weighted by Gasteiger charge is 2.38. The predicted molar refractivity (Wildman–Crippen MR) is 75.3 cm³/mol. The molecular weight excluding hydrogens is 281 g/mol. The summed E-state index contributed by atoms with van der Waals surface area (Å²) >= 11 is 0. The van der Waals surface area contributed by atoms with Crippen molar-refractivity contribution >= 4 is 18.4 Å². The molecule has 5 heteroatoms. The van der Waals surface area contributed by atoms with E-state index in [2.05, 4.69) is 23.9 Å². The van der Waals surface area contributed by atoms with Crippen molar-refractivity contribution in [3.8, 4) is 16.9 Å². The average molecular weight is 294 g/mol. The van der Waals surface area contributed by atoms with Crippen molar-refractivity contribution in [2.75, 3.05) is 0 Å². The van der Waals surface area contributed by atoms with Crippen LogP contribution in [-0.2, 0) is 0 Å². The van der Waals surface area contributed by atoms with E-state index in [1.54, 1.807) is 12.1 Å². The molecule has 0 saturated heterocycles. The van der Waals surface area contributed by atoms with E-state index in [4.69, 9.17) is 0 Å². The van der Waals surface area contributed by atoms with E-state index in [-0.39, 0.29) is 5.75 Å². The highest BCUT2D eigenvalue weighted by molar-refractivity contribution is 7.03. The normalized spacial score (nSPS) is 15.7. The van der Waals surface area contributed by atoms with Gasteiger partial charge in [0.05, 0.1) is 0 Å². The molecule has 2 aromatic rings. The zero-order valence-corrected chi connectivity index (χ0v) is 12.1. The molecule has 0 spiro atoms. The van der Waals surface area contributed by atoms with E-state index in [1.165, 1.54) is 11.3 Å². The van der Waals surface area contributed by atoms with Crippen molar-refractivity contribution in [3.63, 3.8) is 0 Å². The number of halogens is 3. The first kappa shape index (κ1) is 13.2. The van der Waals surface area contributed by atoms with E-state index < -0.39 is 14.4 Å². The first-order valence-corrected chi connectivity index (χ1v) is 9.29. The van der Waals surface area contributed by atoms with Crippen LogP contribution >= 0.6 is 0 Å². The van der Waals surface area contributed by atoms with E-state index in [0.717, 1.165) is 16.3 Å². The summed E-state index contributed by atoms with van der Waals surface area (Å²) in [5.74, 6) is -0.135. The van der Waals surface area contributed by atoms with E-state index in [9.17, 15) is 13.2 Å². The highest BCUT2D eigenvalue weighted by atomic mass is 28.3. The molecule has 0 amide bonds. The fraction of sp³-hybridized carbons (Fsp3) is 0.200. The minimum Gasteiger partial charge on any atom is -0.406 e. The van der Waals surface area contributed by atoms with Crippen molar-refractivity contribution in [2.24, 2.45) is 0 Å². The molecule has 0 atom stereocenters. The molecule has 0 unspecified atom stereocenters. The summed E-state index contributed by atoms with van der Waals surface area (Å²) in [7, 11) is -1.94.